The SMILES string of the molecule is COCCN(c1ncc(CNC(C)(C)C)s1)C(C)COC. The third-order valence-electron chi connectivity index (χ3n) is 3.06. The molecule has 0 fully saturated rings. The van der Waals surface area contributed by atoms with Crippen molar-refractivity contribution < 1.29 is 9.47 Å². The van der Waals surface area contributed by atoms with Gasteiger partial charge in [0.2, 0.25) is 0 Å². The number of nitrogens with zero attached hydrogens (tertiary/aromatic N) is 2. The zero-order chi connectivity index (χ0) is 15.9. The topological polar surface area (TPSA) is 46.6 Å². The minimum absolute atomic E-state index is 0.114. The van der Waals surface area contributed by atoms with Crippen LogP contribution in [0.25, 0.3) is 0 Å². The molecule has 0 spiro atoms. The van der Waals surface area contributed by atoms with Gasteiger partial charge in [0, 0.05) is 43.9 Å². The lowest BCUT2D eigenvalue weighted by molar-refractivity contribution is 0.171. The Morgan fingerprint density at radius 1 is 1.33 bits per heavy atom. The van der Waals surface area contributed by atoms with Gasteiger partial charge in [-0.1, -0.05) is 0 Å². The molecule has 0 aliphatic heterocycles. The number of aromatic nitrogens is 1. The Morgan fingerprint density at radius 3 is 2.62 bits per heavy atom. The maximum atomic E-state index is 5.27. The van der Waals surface area contributed by atoms with Crippen molar-refractivity contribution in [3.05, 3.63) is 11.1 Å². The molecule has 6 heteroatoms. The van der Waals surface area contributed by atoms with Gasteiger partial charge in [0.15, 0.2) is 5.13 Å². The standard InChI is InChI=1S/C15H29N3O2S/c1-12(11-20-6)18(7-8-19-5)14-16-9-13(21-14)10-17-15(2,3)4/h9,12,17H,7-8,10-11H2,1-6H3. The average molecular weight is 315 g/mol. The molecule has 0 bridgehead atoms. The molecule has 0 amide bonds. The Kier molecular flexibility index (Phi) is 7.59. The lowest BCUT2D eigenvalue weighted by Crippen LogP contribution is -2.38. The van der Waals surface area contributed by atoms with Gasteiger partial charge in [0.1, 0.15) is 0 Å². The highest BCUT2D eigenvalue weighted by Crippen LogP contribution is 2.24. The summed E-state index contributed by atoms with van der Waals surface area (Å²) in [5.41, 5.74) is 0.114. The monoisotopic (exact) mass is 315 g/mol. The van der Waals surface area contributed by atoms with Gasteiger partial charge < -0.3 is 19.7 Å². The van der Waals surface area contributed by atoms with Gasteiger partial charge in [-0.15, -0.1) is 11.3 Å². The number of rotatable bonds is 9. The van der Waals surface area contributed by atoms with Crippen molar-refractivity contribution in [2.24, 2.45) is 0 Å². The van der Waals surface area contributed by atoms with E-state index >= 15 is 0 Å². The van der Waals surface area contributed by atoms with Crippen LogP contribution in [0.3, 0.4) is 0 Å². The second-order valence-electron chi connectivity index (χ2n) is 6.20. The molecule has 0 aromatic carbocycles. The maximum absolute atomic E-state index is 5.27. The number of hydrogen-bond donors (Lipinski definition) is 1. The van der Waals surface area contributed by atoms with Gasteiger partial charge in [0.05, 0.1) is 19.3 Å². The molecular weight excluding hydrogens is 286 g/mol. The highest BCUT2D eigenvalue weighted by molar-refractivity contribution is 7.15. The number of nitrogens with one attached hydrogen (secondary N) is 1. The van der Waals surface area contributed by atoms with Crippen LogP contribution in [0.4, 0.5) is 5.13 Å². The molecule has 0 aliphatic rings. The van der Waals surface area contributed by atoms with Gasteiger partial charge in [-0.3, -0.25) is 0 Å². The van der Waals surface area contributed by atoms with Crippen LogP contribution in [0.15, 0.2) is 6.20 Å². The van der Waals surface area contributed by atoms with Crippen LogP contribution in [0.5, 0.6) is 0 Å². The normalized spacial score (nSPS) is 13.4. The molecule has 122 valence electrons. The second-order valence-corrected chi connectivity index (χ2v) is 7.30. The maximum Gasteiger partial charge on any atom is 0.185 e. The van der Waals surface area contributed by atoms with Crippen molar-refractivity contribution in [3.63, 3.8) is 0 Å². The Balaban J connectivity index is 2.71. The van der Waals surface area contributed by atoms with Crippen molar-refractivity contribution in [3.8, 4) is 0 Å². The minimum atomic E-state index is 0.114. The van der Waals surface area contributed by atoms with Crippen molar-refractivity contribution in [1.29, 1.82) is 0 Å². The Labute approximate surface area is 132 Å². The van der Waals surface area contributed by atoms with Crippen LogP contribution in [-0.4, -0.2) is 50.5 Å². The molecule has 5 nitrogen and oxygen atoms in total. The van der Waals surface area contributed by atoms with Crippen LogP contribution in [0, 0.1) is 0 Å². The van der Waals surface area contributed by atoms with Crippen molar-refractivity contribution in [2.75, 3.05) is 38.9 Å². The Morgan fingerprint density at radius 2 is 2.05 bits per heavy atom. The van der Waals surface area contributed by atoms with E-state index in [-0.39, 0.29) is 11.6 Å². The molecule has 1 aromatic rings. The number of methoxy groups -OCH3 is 2. The van der Waals surface area contributed by atoms with E-state index in [2.05, 4.69) is 42.9 Å². The predicted molar refractivity (Wildman–Crippen MR) is 89.3 cm³/mol. The Bertz CT molecular complexity index is 404. The molecule has 0 saturated carbocycles. The summed E-state index contributed by atoms with van der Waals surface area (Å²) < 4.78 is 10.5. The van der Waals surface area contributed by atoms with E-state index in [1.54, 1.807) is 25.6 Å². The number of anilines is 1. The van der Waals surface area contributed by atoms with Crippen molar-refractivity contribution >= 4 is 16.5 Å². The second kappa shape index (κ2) is 8.68. The first-order valence-electron chi connectivity index (χ1n) is 7.31. The fourth-order valence-corrected chi connectivity index (χ4v) is 2.87. The van der Waals surface area contributed by atoms with Crippen LogP contribution in [0.2, 0.25) is 0 Å². The summed E-state index contributed by atoms with van der Waals surface area (Å²) in [5.74, 6) is 0. The molecular formula is C15H29N3O2S. The Hall–Kier alpha value is -0.690. The molecule has 1 unspecified atom stereocenters. The zero-order valence-corrected chi connectivity index (χ0v) is 14.9. The first-order chi connectivity index (χ1) is 9.87. The minimum Gasteiger partial charge on any atom is -0.383 e. The van der Waals surface area contributed by atoms with E-state index in [1.165, 1.54) is 4.88 Å². The van der Waals surface area contributed by atoms with Crippen LogP contribution < -0.4 is 10.2 Å². The predicted octanol–water partition coefficient (Wildman–Crippen LogP) is 2.52. The quantitative estimate of drug-likeness (QED) is 0.759. The van der Waals surface area contributed by atoms with Crippen LogP contribution in [0.1, 0.15) is 32.6 Å². The van der Waals surface area contributed by atoms with Crippen LogP contribution in [-0.2, 0) is 16.0 Å². The number of hydrogen-bond acceptors (Lipinski definition) is 6. The van der Waals surface area contributed by atoms with Crippen molar-refractivity contribution in [1.82, 2.24) is 10.3 Å². The van der Waals surface area contributed by atoms with Gasteiger partial charge in [-0.25, -0.2) is 4.98 Å². The average Bonchev–Trinajstić information content (AvgIpc) is 2.85. The summed E-state index contributed by atoms with van der Waals surface area (Å²) in [5, 5.41) is 4.52. The summed E-state index contributed by atoms with van der Waals surface area (Å²) in [6, 6.07) is 0.278. The summed E-state index contributed by atoms with van der Waals surface area (Å²) in [4.78, 5) is 8.06. The number of ether oxygens (including phenoxy) is 2. The third kappa shape index (κ3) is 6.74. The van der Waals surface area contributed by atoms with E-state index in [1.807, 2.05) is 6.20 Å². The first-order valence-corrected chi connectivity index (χ1v) is 8.13. The summed E-state index contributed by atoms with van der Waals surface area (Å²) >= 11 is 1.73. The van der Waals surface area contributed by atoms with E-state index in [4.69, 9.17) is 9.47 Å². The lowest BCUT2D eigenvalue weighted by atomic mass is 10.1. The lowest BCUT2D eigenvalue weighted by Gasteiger charge is -2.28. The van der Waals surface area contributed by atoms with E-state index in [9.17, 15) is 0 Å². The summed E-state index contributed by atoms with van der Waals surface area (Å²) in [7, 11) is 3.45. The van der Waals surface area contributed by atoms with E-state index in [0.29, 0.717) is 13.2 Å². The summed E-state index contributed by atoms with van der Waals surface area (Å²) in [6.07, 6.45) is 1.96. The fourth-order valence-electron chi connectivity index (χ4n) is 1.89. The molecule has 1 heterocycles. The van der Waals surface area contributed by atoms with E-state index < -0.39 is 0 Å². The largest absolute Gasteiger partial charge is 0.383 e. The highest BCUT2D eigenvalue weighted by atomic mass is 32.1. The highest BCUT2D eigenvalue weighted by Gasteiger charge is 2.18. The van der Waals surface area contributed by atoms with Gasteiger partial charge in [0.25, 0.3) is 0 Å². The van der Waals surface area contributed by atoms with Crippen LogP contribution >= 0.6 is 11.3 Å². The third-order valence-corrected chi connectivity index (χ3v) is 4.09. The molecule has 0 radical (unpaired) electrons. The fraction of sp³-hybridized carbons (Fsp3) is 0.800. The molecule has 0 saturated heterocycles. The first kappa shape index (κ1) is 18.4. The molecule has 1 atom stereocenters. The molecule has 1 N–H and O–H groups in total. The molecule has 21 heavy (non-hydrogen) atoms. The zero-order valence-electron chi connectivity index (χ0n) is 14.1. The molecule has 1 rings (SSSR count). The van der Waals surface area contributed by atoms with Gasteiger partial charge >= 0.3 is 0 Å². The van der Waals surface area contributed by atoms with Gasteiger partial charge in [-0.05, 0) is 27.7 Å². The molecule has 0 aliphatic carbocycles. The molecule has 1 aromatic heterocycles. The van der Waals surface area contributed by atoms with Gasteiger partial charge in [-0.2, -0.15) is 0 Å². The van der Waals surface area contributed by atoms with Crippen molar-refractivity contribution in [2.45, 2.75) is 45.8 Å². The summed E-state index contributed by atoms with van der Waals surface area (Å²) in [6.45, 7) is 11.7. The van der Waals surface area contributed by atoms with E-state index in [0.717, 1.165) is 18.2 Å². The smallest absolute Gasteiger partial charge is 0.185 e. The number of thiazole rings is 1.